The number of nitrogen functional groups attached to an aromatic ring is 1. The van der Waals surface area contributed by atoms with E-state index in [0.717, 1.165) is 78.4 Å². The van der Waals surface area contributed by atoms with Crippen molar-refractivity contribution in [2.75, 3.05) is 114 Å². The van der Waals surface area contributed by atoms with E-state index in [0.29, 0.717) is 99.5 Å². The zero-order chi connectivity index (χ0) is 94.9. The average molecular weight is 1900 g/mol. The first-order valence-electron chi connectivity index (χ1n) is 42.3. The van der Waals surface area contributed by atoms with Gasteiger partial charge in [0.1, 0.15) is 22.9 Å². The molecule has 0 saturated carbocycles. The number of hydrogen-bond donors (Lipinski definition) is 7. The number of likely N-dealkylation sites (N-methyl/N-ethyl adjacent to an activating group) is 3. The first-order chi connectivity index (χ1) is 62.8. The van der Waals surface area contributed by atoms with Crippen LogP contribution in [0.2, 0.25) is 5.28 Å². The van der Waals surface area contributed by atoms with Crippen LogP contribution < -0.4 is 61.2 Å². The van der Waals surface area contributed by atoms with Gasteiger partial charge < -0.3 is 85.5 Å². The van der Waals surface area contributed by atoms with Gasteiger partial charge in [0.15, 0.2) is 24.8 Å². The number of sulfonamides is 1. The molecule has 0 radical (unpaired) electrons. The molecule has 9 heterocycles. The predicted octanol–water partition coefficient (Wildman–Crippen LogP) is 15.9. The fourth-order valence-electron chi connectivity index (χ4n) is 14.2. The summed E-state index contributed by atoms with van der Waals surface area (Å²) in [6, 6.07) is 50.5. The summed E-state index contributed by atoms with van der Waals surface area (Å²) in [4.78, 5) is 123. The molecule has 8 N–H and O–H groups in total. The zero-order valence-electron chi connectivity index (χ0n) is 76.5. The maximum atomic E-state index is 12.5. The minimum Gasteiger partial charge on any atom is -0.443 e. The Hall–Kier alpha value is -14.2. The number of H-pyrrole nitrogens is 1. The second-order valence-corrected chi connectivity index (χ2v) is 35.8. The number of ether oxygens (including phenoxy) is 5. The highest BCUT2D eigenvalue weighted by Gasteiger charge is 2.33. The van der Waals surface area contributed by atoms with E-state index in [9.17, 15) is 42.0 Å². The molecule has 6 aromatic carbocycles. The summed E-state index contributed by atoms with van der Waals surface area (Å²) < 4.78 is 57.0. The number of benzene rings is 6. The molecule has 0 bridgehead atoms. The molecule has 134 heavy (non-hydrogen) atoms. The Morgan fingerprint density at radius 1 is 0.493 bits per heavy atom. The second-order valence-electron chi connectivity index (χ2n) is 33.5. The second kappa shape index (κ2) is 45.3. The number of halogens is 1. The highest BCUT2D eigenvalue weighted by atomic mass is 35.5. The number of likely N-dealkylation sites (tertiary alicyclic amines) is 2. The summed E-state index contributed by atoms with van der Waals surface area (Å²) in [5, 5.41) is 16.5. The van der Waals surface area contributed by atoms with Crippen LogP contribution in [0.4, 0.5) is 63.1 Å². The number of aromatic amines is 1. The van der Waals surface area contributed by atoms with Crippen LogP contribution in [-0.4, -0.2) is 193 Å². The molecule has 12 aromatic rings. The Kier molecular flexibility index (Phi) is 34.4. The number of hydrogen-bond acceptors (Lipinski definition) is 26. The average Bonchev–Trinajstić information content (AvgIpc) is 1.63. The van der Waals surface area contributed by atoms with Crippen molar-refractivity contribution in [2.45, 2.75) is 106 Å². The number of nitrogens with two attached hydrogens (primary N) is 1. The van der Waals surface area contributed by atoms with Gasteiger partial charge in [0.05, 0.1) is 33.2 Å². The number of carbonyl (C=O) groups excluding carboxylic acids is 7. The van der Waals surface area contributed by atoms with Gasteiger partial charge in [0.2, 0.25) is 74.4 Å². The van der Waals surface area contributed by atoms with Gasteiger partial charge in [-0.1, -0.05) is 37.9 Å². The maximum Gasteiger partial charge on any atom is 0.312 e. The fourth-order valence-corrected chi connectivity index (χ4v) is 15.2. The summed E-state index contributed by atoms with van der Waals surface area (Å²) in [7, 11) is 3.01. The van der Waals surface area contributed by atoms with E-state index in [1.165, 1.54) is 28.8 Å². The third-order valence-corrected chi connectivity index (χ3v) is 23.2. The zero-order valence-corrected chi connectivity index (χ0v) is 80.1. The highest BCUT2D eigenvalue weighted by Crippen LogP contribution is 2.37. The largest absolute Gasteiger partial charge is 0.443 e. The van der Waals surface area contributed by atoms with Crippen LogP contribution in [0.1, 0.15) is 74.7 Å². The Balaban J connectivity index is 0.000000192. The number of aromatic nitrogens is 9. The van der Waals surface area contributed by atoms with E-state index < -0.39 is 20.9 Å². The number of fused-ring (bicyclic) bond motifs is 3. The number of nitrogens with zero attached hydrogens (tertiary/aromatic N) is 14. The standard InChI is InChI=1S/C34H39N7O5.C28H29N7O3.C21H21ClN4O4.C12H19N3O2S.2H2S/c1-7-29(43)35-24-9-8-10-27(19-24)46-31-28-16-18-41(21-45-32(44)34(3,4)5)30(28)37-33(38-31)36-23-11-13-25(14-12-23)39(6)26-15-17-40(20-26)22(2)42;1-4-25(37)30-20-6-5-7-23(16-20)38-27-24-12-14-29-26(24)32-28(33-27)31-19-8-10-21(11-9-19)34(3)22-13-15-35(17-22)18(2)36;1-5-16(27)23-13-7-6-8-14(11-13)30-18-15-9-10-26(17(15)24-20(22)25-18)12-29-19(28)21(2,3)4;1-14(11-5-3-10(13)4-6-11)12-7-8-15(9-12)18(2,16)17;;/h7-14,16,18-19,26H,1,15,17,20-21H2,2-6H3,(H,35,43)(H,36,37,38);4-12,14,16,22H,1,13,15,17H2,2-3H3,(H,30,37)(H2,29,31,32,33);5-11H,1,12H2,2-4H3,(H,23,27);3-6,12H,7-9,13H2,1-2H3;2*1H2/t26-;22-;;12-;;/m00.0../s1. The SMILES string of the molecule is C=CC(=O)Nc1cccc(Oc2nc(Cl)nc3c2ccn3COC(=O)C(C)(C)C)c1.C=CC(=O)Nc1cccc(Oc2nc(Nc3ccc(N(C)[C@H]4CCN(C(C)=O)C4)cc3)nc3[nH]ccc23)c1.C=CC(=O)Nc1cccc(Oc2nc(Nc3ccc(N(C)[C@H]4CCN(C(C)=O)C4)cc3)nc3c2ccn3COC(=O)C(C)(C)C)c1.CN(c1ccc(N)cc1)[C@H]1CCN(S(C)(=O)=O)C1.S.S. The summed E-state index contributed by atoms with van der Waals surface area (Å²) >= 11 is 6.08. The molecule has 3 saturated heterocycles. The van der Waals surface area contributed by atoms with E-state index in [1.807, 2.05) is 103 Å². The summed E-state index contributed by atoms with van der Waals surface area (Å²) in [5.41, 5.74) is 13.1. The Morgan fingerprint density at radius 2 is 0.866 bits per heavy atom. The minimum absolute atomic E-state index is 0. The fraction of sp³-hybridized carbons (Fsp3) is 0.295. The number of rotatable bonds is 27. The van der Waals surface area contributed by atoms with Crippen molar-refractivity contribution >= 4 is 186 Å². The number of amides is 5. The minimum atomic E-state index is -3.07. The first-order valence-corrected chi connectivity index (χ1v) is 44.6. The van der Waals surface area contributed by atoms with Gasteiger partial charge in [-0.2, -0.15) is 56.9 Å². The number of carbonyl (C=O) groups is 7. The topological polar surface area (TPSA) is 408 Å². The molecular formula is C95H112ClN21O14S3. The van der Waals surface area contributed by atoms with E-state index in [2.05, 4.69) is 98.0 Å². The molecule has 0 aliphatic carbocycles. The number of esters is 2. The lowest BCUT2D eigenvalue weighted by molar-refractivity contribution is -0.157. The normalized spacial score (nSPS) is 14.5. The van der Waals surface area contributed by atoms with Crippen LogP contribution in [-0.2, 0) is 66.5 Å². The van der Waals surface area contributed by atoms with Crippen molar-refractivity contribution in [3.8, 4) is 34.9 Å². The molecule has 0 spiro atoms. The van der Waals surface area contributed by atoms with Gasteiger partial charge in [-0.25, -0.2) is 12.7 Å². The highest BCUT2D eigenvalue weighted by molar-refractivity contribution is 7.88. The van der Waals surface area contributed by atoms with Crippen molar-refractivity contribution in [2.24, 2.45) is 10.8 Å². The van der Waals surface area contributed by atoms with E-state index in [1.54, 1.807) is 168 Å². The van der Waals surface area contributed by atoms with Crippen molar-refractivity contribution in [1.82, 2.24) is 58.1 Å². The first kappa shape index (κ1) is 102. The van der Waals surface area contributed by atoms with Gasteiger partial charge in [0, 0.05) is 180 Å². The lowest BCUT2D eigenvalue weighted by Crippen LogP contribution is -2.36. The third-order valence-electron chi connectivity index (χ3n) is 21.7. The van der Waals surface area contributed by atoms with Gasteiger partial charge >= 0.3 is 11.9 Å². The Labute approximate surface area is 796 Å². The van der Waals surface area contributed by atoms with Crippen LogP contribution in [0.3, 0.4) is 0 Å². The summed E-state index contributed by atoms with van der Waals surface area (Å²) in [5.74, 6) is 1.50. The van der Waals surface area contributed by atoms with Gasteiger partial charge in [-0.05, 0) is 218 Å². The Morgan fingerprint density at radius 3 is 1.25 bits per heavy atom. The van der Waals surface area contributed by atoms with Gasteiger partial charge in [-0.3, -0.25) is 42.7 Å². The van der Waals surface area contributed by atoms with E-state index in [-0.39, 0.29) is 117 Å². The molecule has 3 fully saturated rings. The molecule has 3 atom stereocenters. The van der Waals surface area contributed by atoms with E-state index >= 15 is 0 Å². The van der Waals surface area contributed by atoms with Crippen LogP contribution in [0.5, 0.6) is 34.9 Å². The van der Waals surface area contributed by atoms with Crippen LogP contribution in [0.15, 0.2) is 220 Å². The number of anilines is 11. The third kappa shape index (κ3) is 27.3. The number of nitrogens with one attached hydrogen (secondary N) is 6. The molecule has 6 aromatic heterocycles. The van der Waals surface area contributed by atoms with Crippen molar-refractivity contribution in [3.63, 3.8) is 0 Å². The molecule has 0 unspecified atom stereocenters. The van der Waals surface area contributed by atoms with Gasteiger partial charge in [-0.15, -0.1) is 0 Å². The lowest BCUT2D eigenvalue weighted by atomic mass is 9.97. The van der Waals surface area contributed by atoms with Crippen LogP contribution >= 0.6 is 38.6 Å². The monoisotopic (exact) mass is 1900 g/mol. The van der Waals surface area contributed by atoms with Crippen LogP contribution in [0.25, 0.3) is 33.1 Å². The Bertz CT molecular complexity index is 6350. The smallest absolute Gasteiger partial charge is 0.312 e. The van der Waals surface area contributed by atoms with E-state index in [4.69, 9.17) is 46.0 Å². The van der Waals surface area contributed by atoms with Crippen LogP contribution in [0, 0.1) is 10.8 Å². The van der Waals surface area contributed by atoms with Gasteiger partial charge in [0.25, 0.3) is 0 Å². The molecule has 39 heteroatoms. The van der Waals surface area contributed by atoms with Crippen molar-refractivity contribution < 1.29 is 65.7 Å². The molecular weight excluding hydrogens is 1790 g/mol. The quantitative estimate of drug-likeness (QED) is 0.0109. The molecule has 5 amide bonds. The lowest BCUT2D eigenvalue weighted by Gasteiger charge is -2.27. The van der Waals surface area contributed by atoms with Crippen molar-refractivity contribution in [1.29, 1.82) is 0 Å². The summed E-state index contributed by atoms with van der Waals surface area (Å²) in [6.45, 7) is 28.4. The predicted molar refractivity (Wildman–Crippen MR) is 533 cm³/mol. The molecule has 706 valence electrons. The maximum absolute atomic E-state index is 12.5. The molecule has 3 aliphatic heterocycles. The van der Waals surface area contributed by atoms with Crippen molar-refractivity contribution in [3.05, 3.63) is 226 Å². The molecule has 35 nitrogen and oxygen atoms in total. The molecule has 3 aliphatic rings. The summed E-state index contributed by atoms with van der Waals surface area (Å²) in [6.07, 6.45) is 12.8. The molecule has 15 rings (SSSR count).